The van der Waals surface area contributed by atoms with E-state index in [-0.39, 0.29) is 63.1 Å². The number of carbonyl (C=O) groups excluding carboxylic acids is 4. The van der Waals surface area contributed by atoms with Crippen molar-refractivity contribution in [3.05, 3.63) is 108 Å². The Bertz CT molecular complexity index is 1760. The van der Waals surface area contributed by atoms with E-state index in [0.717, 1.165) is 11.1 Å². The molecule has 1 fully saturated rings. The maximum atomic E-state index is 14.0. The van der Waals surface area contributed by atoms with Gasteiger partial charge in [-0.1, -0.05) is 91.0 Å². The van der Waals surface area contributed by atoms with Crippen LogP contribution in [0.25, 0.3) is 0 Å². The number of β-amino-alcohol motifs (C(OH)–C–C–N with tert-alkyl or cyclic N) is 1. The highest BCUT2D eigenvalue weighted by Gasteiger charge is 2.40. The SMILES string of the molecule is COCCOCCOCCN1CCNC(=O)C2C=CC=C(C(=O)NCCN(CCO)CCNC(=O)C3CC=CC(C(=O)NCC1)C3OCc1ccccc1)C2OCc1ccccc1. The van der Waals surface area contributed by atoms with E-state index in [1.54, 1.807) is 25.3 Å². The number of aliphatic hydroxyl groups excluding tert-OH is 1. The summed E-state index contributed by atoms with van der Waals surface area (Å²) in [5.41, 5.74) is 2.15. The molecule has 0 saturated carbocycles. The van der Waals surface area contributed by atoms with Crippen LogP contribution >= 0.6 is 0 Å². The second-order valence-corrected chi connectivity index (χ2v) is 15.6. The van der Waals surface area contributed by atoms with Gasteiger partial charge in [0.2, 0.25) is 23.6 Å². The number of ether oxygens (including phenoxy) is 5. The molecule has 2 aliphatic carbocycles. The number of methoxy groups -OCH3 is 1. The summed E-state index contributed by atoms with van der Waals surface area (Å²) in [6.07, 6.45) is 7.65. The lowest BCUT2D eigenvalue weighted by Gasteiger charge is -2.34. The van der Waals surface area contributed by atoms with E-state index >= 15 is 0 Å². The van der Waals surface area contributed by atoms with E-state index in [9.17, 15) is 24.3 Å². The van der Waals surface area contributed by atoms with Crippen LogP contribution in [0.3, 0.4) is 0 Å². The molecule has 2 aromatic rings. The summed E-state index contributed by atoms with van der Waals surface area (Å²) in [4.78, 5) is 59.6. The molecule has 2 aromatic carbocycles. The smallest absolute Gasteiger partial charge is 0.249 e. The van der Waals surface area contributed by atoms with Gasteiger partial charge in [-0.25, -0.2) is 0 Å². The highest BCUT2D eigenvalue weighted by Crippen LogP contribution is 2.29. The minimum absolute atomic E-state index is 0.111. The fourth-order valence-corrected chi connectivity index (χ4v) is 7.67. The van der Waals surface area contributed by atoms with Crippen LogP contribution in [0.4, 0.5) is 0 Å². The van der Waals surface area contributed by atoms with E-state index < -0.39 is 30.0 Å². The number of allylic oxidation sites excluding steroid dienone is 3. The fraction of sp³-hybridized carbons (Fsp3) is 0.532. The Hall–Kier alpha value is -4.78. The zero-order chi connectivity index (χ0) is 44.5. The van der Waals surface area contributed by atoms with Gasteiger partial charge in [0, 0.05) is 78.1 Å². The normalized spacial score (nSPS) is 23.8. The highest BCUT2D eigenvalue weighted by atomic mass is 16.5. The molecular weight excluding hydrogens is 809 g/mol. The van der Waals surface area contributed by atoms with Crippen molar-refractivity contribution in [3.63, 3.8) is 0 Å². The first-order chi connectivity index (χ1) is 30.9. The standard InChI is InChI=1S/C47H66N6O10/c1-59-30-31-61-33-32-60-29-27-53-24-20-50-46(57)40-16-8-14-38(42(40)62-34-36-10-4-2-5-11-36)44(55)48-18-22-52(26-28-54)23-19-49-45(56)39-15-9-17-41(47(58)51-21-25-53)43(39)63-35-37-12-6-3-7-13-37/h2-14,16-17,39-43,54H,15,18-35H2,1H3,(H,48,55)(H,49,56)(H,50,57)(H,51,58). The Morgan fingerprint density at radius 1 is 0.635 bits per heavy atom. The number of hydrogen-bond donors (Lipinski definition) is 5. The third-order valence-electron chi connectivity index (χ3n) is 11.1. The molecule has 16 nitrogen and oxygen atoms in total. The van der Waals surface area contributed by atoms with Crippen LogP contribution in [0.2, 0.25) is 0 Å². The molecule has 5 unspecified atom stereocenters. The Labute approximate surface area is 371 Å². The molecule has 4 amide bonds. The van der Waals surface area contributed by atoms with Crippen LogP contribution in [0, 0.1) is 17.8 Å². The maximum absolute atomic E-state index is 14.0. The summed E-state index contributed by atoms with van der Waals surface area (Å²) in [7, 11) is 1.62. The van der Waals surface area contributed by atoms with Crippen LogP contribution in [-0.2, 0) is 56.1 Å². The number of benzene rings is 2. The van der Waals surface area contributed by atoms with Crippen LogP contribution in [0.5, 0.6) is 0 Å². The highest BCUT2D eigenvalue weighted by molar-refractivity contribution is 5.97. The molecule has 5 N–H and O–H groups in total. The van der Waals surface area contributed by atoms with Gasteiger partial charge in [-0.15, -0.1) is 0 Å². The minimum Gasteiger partial charge on any atom is -0.395 e. The average Bonchev–Trinajstić information content (AvgIpc) is 3.30. The van der Waals surface area contributed by atoms with Gasteiger partial charge in [0.05, 0.1) is 76.7 Å². The van der Waals surface area contributed by atoms with Crippen LogP contribution in [0.1, 0.15) is 17.5 Å². The van der Waals surface area contributed by atoms with Gasteiger partial charge in [-0.2, -0.15) is 0 Å². The van der Waals surface area contributed by atoms with Crippen molar-refractivity contribution < 1.29 is 48.0 Å². The number of aliphatic hydroxyl groups is 1. The van der Waals surface area contributed by atoms with E-state index in [2.05, 4.69) is 26.2 Å². The zero-order valence-corrected chi connectivity index (χ0v) is 36.5. The van der Waals surface area contributed by atoms with Gasteiger partial charge >= 0.3 is 0 Å². The van der Waals surface area contributed by atoms with Gasteiger partial charge in [0.25, 0.3) is 0 Å². The summed E-state index contributed by atoms with van der Waals surface area (Å²) in [6.45, 7) is 6.17. The second-order valence-electron chi connectivity index (χ2n) is 15.6. The Morgan fingerprint density at radius 3 is 1.83 bits per heavy atom. The van der Waals surface area contributed by atoms with Gasteiger partial charge in [-0.3, -0.25) is 29.0 Å². The minimum atomic E-state index is -0.857. The number of nitrogens with one attached hydrogen (secondary N) is 4. The first-order valence-electron chi connectivity index (χ1n) is 22.0. The molecule has 344 valence electrons. The summed E-state index contributed by atoms with van der Waals surface area (Å²) in [6, 6.07) is 19.2. The number of carbonyl (C=O) groups is 4. The molecule has 0 spiro atoms. The van der Waals surface area contributed by atoms with Crippen molar-refractivity contribution in [2.45, 2.75) is 31.8 Å². The summed E-state index contributed by atoms with van der Waals surface area (Å²) in [5.74, 6) is -3.25. The van der Waals surface area contributed by atoms with Gasteiger partial charge in [0.15, 0.2) is 0 Å². The van der Waals surface area contributed by atoms with Crippen molar-refractivity contribution in [1.29, 1.82) is 0 Å². The van der Waals surface area contributed by atoms with Crippen LogP contribution < -0.4 is 21.3 Å². The van der Waals surface area contributed by atoms with Crippen molar-refractivity contribution >= 4 is 23.6 Å². The Morgan fingerprint density at radius 2 is 1.19 bits per heavy atom. The van der Waals surface area contributed by atoms with Crippen LogP contribution in [0.15, 0.2) is 96.6 Å². The van der Waals surface area contributed by atoms with Gasteiger partial charge < -0.3 is 50.1 Å². The lowest BCUT2D eigenvalue weighted by molar-refractivity contribution is -0.139. The predicted octanol–water partition coefficient (Wildman–Crippen LogP) is 1.22. The molecular formula is C47H66N6O10. The molecule has 1 heterocycles. The molecule has 1 aliphatic heterocycles. The number of hydrogen-bond acceptors (Lipinski definition) is 12. The van der Waals surface area contributed by atoms with Crippen molar-refractivity contribution in [2.75, 3.05) is 112 Å². The molecule has 5 rings (SSSR count). The van der Waals surface area contributed by atoms with E-state index in [1.807, 2.05) is 77.7 Å². The third-order valence-corrected chi connectivity index (χ3v) is 11.1. The number of fused-ring (bicyclic) bond motifs is 4. The van der Waals surface area contributed by atoms with E-state index in [4.69, 9.17) is 23.7 Å². The largest absolute Gasteiger partial charge is 0.395 e. The number of rotatable bonds is 17. The lowest BCUT2D eigenvalue weighted by Crippen LogP contribution is -2.50. The number of amides is 4. The van der Waals surface area contributed by atoms with Crippen LogP contribution in [-0.4, -0.2) is 163 Å². The summed E-state index contributed by atoms with van der Waals surface area (Å²) >= 11 is 0. The third kappa shape index (κ3) is 16.7. The number of nitrogens with zero attached hydrogens (tertiary/aromatic N) is 2. The Balaban J connectivity index is 1.32. The van der Waals surface area contributed by atoms with Crippen molar-refractivity contribution in [3.8, 4) is 0 Å². The topological polar surface area (TPSA) is 189 Å². The van der Waals surface area contributed by atoms with E-state index in [0.29, 0.717) is 90.8 Å². The van der Waals surface area contributed by atoms with E-state index in [1.165, 1.54) is 0 Å². The molecule has 1 saturated heterocycles. The molecule has 3 aliphatic rings. The maximum Gasteiger partial charge on any atom is 0.249 e. The molecule has 63 heavy (non-hydrogen) atoms. The summed E-state index contributed by atoms with van der Waals surface area (Å²) in [5, 5.41) is 22.0. The monoisotopic (exact) mass is 874 g/mol. The quantitative estimate of drug-likeness (QED) is 0.113. The first-order valence-corrected chi connectivity index (χ1v) is 22.0. The lowest BCUT2D eigenvalue weighted by atomic mass is 9.82. The first kappa shape index (κ1) is 49.2. The molecule has 16 heteroatoms. The molecule has 4 bridgehead atoms. The second kappa shape index (κ2) is 28.1. The molecule has 5 atom stereocenters. The molecule has 0 radical (unpaired) electrons. The van der Waals surface area contributed by atoms with Gasteiger partial charge in [-0.05, 0) is 17.5 Å². The average molecular weight is 875 g/mol. The molecule has 0 aromatic heterocycles. The van der Waals surface area contributed by atoms with Crippen molar-refractivity contribution in [2.24, 2.45) is 17.8 Å². The Kier molecular flexibility index (Phi) is 22.0. The predicted molar refractivity (Wildman–Crippen MR) is 237 cm³/mol. The fourth-order valence-electron chi connectivity index (χ4n) is 7.67. The van der Waals surface area contributed by atoms with Crippen molar-refractivity contribution in [1.82, 2.24) is 31.1 Å². The van der Waals surface area contributed by atoms with Gasteiger partial charge in [0.1, 0.15) is 6.10 Å². The summed E-state index contributed by atoms with van der Waals surface area (Å²) < 4.78 is 29.2. The zero-order valence-electron chi connectivity index (χ0n) is 36.5.